The smallest absolute Gasteiger partial charge is 0.151 e. The van der Waals surface area contributed by atoms with Crippen LogP contribution in [0.1, 0.15) is 12.5 Å². The van der Waals surface area contributed by atoms with Crippen LogP contribution in [-0.4, -0.2) is 0 Å². The van der Waals surface area contributed by atoms with Crippen LogP contribution in [0.25, 0.3) is 0 Å². The van der Waals surface area contributed by atoms with Crippen LogP contribution in [0.3, 0.4) is 0 Å². The highest BCUT2D eigenvalue weighted by Crippen LogP contribution is 2.28. The first-order valence-electron chi connectivity index (χ1n) is 5.71. The Morgan fingerprint density at radius 2 is 1.83 bits per heavy atom. The molecule has 0 aliphatic rings. The minimum absolute atomic E-state index is 0.0812. The summed E-state index contributed by atoms with van der Waals surface area (Å²) in [7, 11) is 0. The molecule has 2 aromatic rings. The zero-order chi connectivity index (χ0) is 13.1. The van der Waals surface area contributed by atoms with Gasteiger partial charge in [-0.25, -0.2) is 8.78 Å². The number of rotatable bonds is 3. The van der Waals surface area contributed by atoms with Gasteiger partial charge >= 0.3 is 0 Å². The van der Waals surface area contributed by atoms with Crippen LogP contribution in [0.5, 0.6) is 0 Å². The molecule has 0 saturated carbocycles. The van der Waals surface area contributed by atoms with Gasteiger partial charge in [-0.1, -0.05) is 25.1 Å². The molecule has 2 rings (SSSR count). The van der Waals surface area contributed by atoms with E-state index in [1.54, 1.807) is 0 Å². The van der Waals surface area contributed by atoms with Crippen LogP contribution in [0.15, 0.2) is 36.4 Å². The Bertz CT molecular complexity index is 568. The number of benzene rings is 2. The maximum atomic E-state index is 13.3. The Labute approximate surface area is 104 Å². The SMILES string of the molecule is CCc1ccccc1Nc1cc(F)cc(F)c1N. The molecule has 0 radical (unpaired) electrons. The average Bonchev–Trinajstić information content (AvgIpc) is 2.36. The number of nitrogen functional groups attached to an aromatic ring is 1. The summed E-state index contributed by atoms with van der Waals surface area (Å²) in [6, 6.07) is 9.53. The summed E-state index contributed by atoms with van der Waals surface area (Å²) in [5.74, 6) is -1.41. The van der Waals surface area contributed by atoms with Crippen molar-refractivity contribution in [2.24, 2.45) is 0 Å². The Morgan fingerprint density at radius 1 is 1.11 bits per heavy atom. The van der Waals surface area contributed by atoms with Gasteiger partial charge in [0.1, 0.15) is 5.82 Å². The fraction of sp³-hybridized carbons (Fsp3) is 0.143. The predicted molar refractivity (Wildman–Crippen MR) is 69.9 cm³/mol. The maximum absolute atomic E-state index is 13.3. The van der Waals surface area contributed by atoms with E-state index < -0.39 is 11.6 Å². The number of anilines is 3. The molecule has 0 atom stereocenters. The quantitative estimate of drug-likeness (QED) is 0.809. The average molecular weight is 248 g/mol. The molecule has 0 aliphatic heterocycles. The number of aryl methyl sites for hydroxylation is 1. The summed E-state index contributed by atoms with van der Waals surface area (Å²) in [6.45, 7) is 2.01. The molecule has 4 heteroatoms. The van der Waals surface area contributed by atoms with Gasteiger partial charge in [-0.3, -0.25) is 0 Å². The van der Waals surface area contributed by atoms with Gasteiger partial charge in [-0.05, 0) is 24.1 Å². The summed E-state index contributed by atoms with van der Waals surface area (Å²) in [6.07, 6.45) is 0.820. The largest absolute Gasteiger partial charge is 0.395 e. The molecular formula is C14H14F2N2. The molecule has 2 aromatic carbocycles. The lowest BCUT2D eigenvalue weighted by Crippen LogP contribution is -2.02. The van der Waals surface area contributed by atoms with Gasteiger partial charge in [0.25, 0.3) is 0 Å². The summed E-state index contributed by atoms with van der Waals surface area (Å²) in [4.78, 5) is 0. The Hall–Kier alpha value is -2.10. The molecule has 0 amide bonds. The van der Waals surface area contributed by atoms with Gasteiger partial charge in [0.2, 0.25) is 0 Å². The number of hydrogen-bond donors (Lipinski definition) is 2. The van der Waals surface area contributed by atoms with Crippen LogP contribution in [-0.2, 0) is 6.42 Å². The lowest BCUT2D eigenvalue weighted by molar-refractivity contribution is 0.587. The molecule has 0 saturated heterocycles. The number of para-hydroxylation sites is 1. The molecule has 2 nitrogen and oxygen atoms in total. The fourth-order valence-electron chi connectivity index (χ4n) is 1.78. The maximum Gasteiger partial charge on any atom is 0.151 e. The molecule has 0 spiro atoms. The van der Waals surface area contributed by atoms with Crippen molar-refractivity contribution < 1.29 is 8.78 Å². The first kappa shape index (κ1) is 12.4. The van der Waals surface area contributed by atoms with Crippen molar-refractivity contribution in [2.75, 3.05) is 11.1 Å². The highest BCUT2D eigenvalue weighted by molar-refractivity contribution is 5.74. The van der Waals surface area contributed by atoms with E-state index in [1.165, 1.54) is 6.07 Å². The van der Waals surface area contributed by atoms with E-state index in [1.807, 2.05) is 31.2 Å². The number of halogens is 2. The first-order valence-corrected chi connectivity index (χ1v) is 5.71. The Kier molecular flexibility index (Phi) is 3.46. The van der Waals surface area contributed by atoms with Crippen molar-refractivity contribution >= 4 is 17.1 Å². The molecule has 0 heterocycles. The first-order chi connectivity index (χ1) is 8.61. The summed E-state index contributed by atoms with van der Waals surface area (Å²) in [5, 5.41) is 2.97. The third kappa shape index (κ3) is 2.42. The van der Waals surface area contributed by atoms with Gasteiger partial charge < -0.3 is 11.1 Å². The second-order valence-corrected chi connectivity index (χ2v) is 3.98. The van der Waals surface area contributed by atoms with Crippen molar-refractivity contribution in [1.82, 2.24) is 0 Å². The fourth-order valence-corrected chi connectivity index (χ4v) is 1.78. The summed E-state index contributed by atoms with van der Waals surface area (Å²) < 4.78 is 26.5. The molecule has 0 bridgehead atoms. The molecule has 18 heavy (non-hydrogen) atoms. The molecule has 0 unspecified atom stereocenters. The van der Waals surface area contributed by atoms with Crippen LogP contribution in [0.2, 0.25) is 0 Å². The van der Waals surface area contributed by atoms with E-state index in [-0.39, 0.29) is 11.4 Å². The monoisotopic (exact) mass is 248 g/mol. The van der Waals surface area contributed by atoms with Gasteiger partial charge in [0.05, 0.1) is 11.4 Å². The van der Waals surface area contributed by atoms with E-state index in [0.717, 1.165) is 23.7 Å². The lowest BCUT2D eigenvalue weighted by atomic mass is 10.1. The zero-order valence-corrected chi connectivity index (χ0v) is 10.0. The summed E-state index contributed by atoms with van der Waals surface area (Å²) in [5.41, 5.74) is 7.61. The minimum atomic E-state index is -0.758. The molecule has 0 fully saturated rings. The standard InChI is InChI=1S/C14H14F2N2/c1-2-9-5-3-4-6-12(9)18-13-8-10(15)7-11(16)14(13)17/h3-8,18H,2,17H2,1H3. The number of nitrogens with one attached hydrogen (secondary N) is 1. The van der Waals surface area contributed by atoms with Crippen LogP contribution < -0.4 is 11.1 Å². The van der Waals surface area contributed by atoms with Crippen molar-refractivity contribution in [3.63, 3.8) is 0 Å². The van der Waals surface area contributed by atoms with E-state index in [0.29, 0.717) is 0 Å². The van der Waals surface area contributed by atoms with Crippen molar-refractivity contribution in [3.8, 4) is 0 Å². The van der Waals surface area contributed by atoms with E-state index in [4.69, 9.17) is 5.73 Å². The number of hydrogen-bond acceptors (Lipinski definition) is 2. The van der Waals surface area contributed by atoms with Crippen LogP contribution in [0.4, 0.5) is 25.8 Å². The Morgan fingerprint density at radius 3 is 2.56 bits per heavy atom. The Balaban J connectivity index is 2.40. The number of nitrogens with two attached hydrogens (primary N) is 1. The lowest BCUT2D eigenvalue weighted by Gasteiger charge is -2.13. The normalized spacial score (nSPS) is 10.4. The molecule has 0 aliphatic carbocycles. The van der Waals surface area contributed by atoms with E-state index in [9.17, 15) is 8.78 Å². The second kappa shape index (κ2) is 5.04. The van der Waals surface area contributed by atoms with Gasteiger partial charge in [-0.15, -0.1) is 0 Å². The van der Waals surface area contributed by atoms with Crippen molar-refractivity contribution in [3.05, 3.63) is 53.6 Å². The predicted octanol–water partition coefficient (Wildman–Crippen LogP) is 3.85. The van der Waals surface area contributed by atoms with Crippen molar-refractivity contribution in [2.45, 2.75) is 13.3 Å². The molecule has 0 aromatic heterocycles. The third-order valence-electron chi connectivity index (χ3n) is 2.76. The highest BCUT2D eigenvalue weighted by atomic mass is 19.1. The minimum Gasteiger partial charge on any atom is -0.395 e. The van der Waals surface area contributed by atoms with E-state index >= 15 is 0 Å². The van der Waals surface area contributed by atoms with Gasteiger partial charge in [0.15, 0.2) is 5.82 Å². The third-order valence-corrected chi connectivity index (χ3v) is 2.76. The molecular weight excluding hydrogens is 234 g/mol. The van der Waals surface area contributed by atoms with E-state index in [2.05, 4.69) is 5.32 Å². The summed E-state index contributed by atoms with van der Waals surface area (Å²) >= 11 is 0. The van der Waals surface area contributed by atoms with Crippen LogP contribution in [0, 0.1) is 11.6 Å². The van der Waals surface area contributed by atoms with Gasteiger partial charge in [-0.2, -0.15) is 0 Å². The van der Waals surface area contributed by atoms with Gasteiger partial charge in [0, 0.05) is 11.8 Å². The second-order valence-electron chi connectivity index (χ2n) is 3.98. The molecule has 94 valence electrons. The molecule has 3 N–H and O–H groups in total. The highest BCUT2D eigenvalue weighted by Gasteiger charge is 2.09. The van der Waals surface area contributed by atoms with Crippen LogP contribution >= 0.6 is 0 Å². The zero-order valence-electron chi connectivity index (χ0n) is 10.0. The van der Waals surface area contributed by atoms with Crippen molar-refractivity contribution in [1.29, 1.82) is 0 Å². The topological polar surface area (TPSA) is 38.0 Å².